The highest BCUT2D eigenvalue weighted by Crippen LogP contribution is 2.48. The topological polar surface area (TPSA) is 46.5 Å². The third-order valence-corrected chi connectivity index (χ3v) is 5.29. The Labute approximate surface area is 121 Å². The number of alkyl halides is 1. The third-order valence-electron chi connectivity index (χ3n) is 4.55. The molecule has 3 nitrogen and oxygen atoms in total. The quantitative estimate of drug-likeness (QED) is 0.639. The summed E-state index contributed by atoms with van der Waals surface area (Å²) in [6.45, 7) is 10.1. The van der Waals surface area contributed by atoms with Gasteiger partial charge in [-0.25, -0.2) is 4.79 Å². The number of hydrogen-bond acceptors (Lipinski definition) is 3. The minimum absolute atomic E-state index is 0.244. The van der Waals surface area contributed by atoms with Crippen molar-refractivity contribution in [3.8, 4) is 0 Å². The molecule has 0 spiro atoms. The van der Waals surface area contributed by atoms with E-state index in [1.165, 1.54) is 6.92 Å². The van der Waals surface area contributed by atoms with Crippen LogP contribution in [-0.2, 0) is 9.53 Å². The first-order chi connectivity index (χ1) is 8.54. The number of esters is 1. The van der Waals surface area contributed by atoms with Crippen LogP contribution in [0.5, 0.6) is 0 Å². The van der Waals surface area contributed by atoms with Crippen molar-refractivity contribution in [3.05, 3.63) is 0 Å². The normalized spacial score (nSPS) is 31.6. The van der Waals surface area contributed by atoms with Gasteiger partial charge in [-0.2, -0.15) is 0 Å². The molecule has 112 valence electrons. The number of carbonyl (C=O) groups excluding carboxylic acids is 1. The number of carbonyl (C=O) groups is 1. The molecular weight excluding hydrogens is 264 g/mol. The van der Waals surface area contributed by atoms with Crippen molar-refractivity contribution in [2.24, 2.45) is 11.3 Å². The number of ether oxygens (including phenoxy) is 1. The number of aliphatic hydroxyl groups is 1. The molecule has 1 aliphatic rings. The molecule has 1 rings (SSSR count). The van der Waals surface area contributed by atoms with E-state index in [1.807, 2.05) is 0 Å². The maximum Gasteiger partial charge on any atom is 0.339 e. The Hall–Kier alpha value is -0.280. The molecular formula is C15H27ClO3. The fourth-order valence-corrected chi connectivity index (χ4v) is 3.18. The van der Waals surface area contributed by atoms with Gasteiger partial charge < -0.3 is 9.84 Å². The number of rotatable bonds is 3. The van der Waals surface area contributed by atoms with Crippen LogP contribution in [0, 0.1) is 11.3 Å². The van der Waals surface area contributed by atoms with Gasteiger partial charge in [-0.15, -0.1) is 11.6 Å². The Balaban J connectivity index is 2.77. The van der Waals surface area contributed by atoms with Crippen LogP contribution in [0.1, 0.15) is 60.3 Å². The van der Waals surface area contributed by atoms with E-state index < -0.39 is 16.4 Å². The zero-order chi connectivity index (χ0) is 14.9. The summed E-state index contributed by atoms with van der Waals surface area (Å²) in [4.78, 5) is 11.0. The van der Waals surface area contributed by atoms with E-state index in [1.54, 1.807) is 6.92 Å². The standard InChI is InChI=1S/C15H27ClO3/c1-6-19-12(17)14(5,18)15(16)9-7-11(8-10-15)13(2,3)4/h11,18H,6-10H2,1-5H3/t11?,14-,15?/m1/s1. The molecule has 0 aliphatic heterocycles. The van der Waals surface area contributed by atoms with Gasteiger partial charge in [-0.05, 0) is 50.9 Å². The molecule has 1 saturated carbocycles. The van der Waals surface area contributed by atoms with E-state index in [9.17, 15) is 9.90 Å². The average molecular weight is 291 g/mol. The monoisotopic (exact) mass is 290 g/mol. The van der Waals surface area contributed by atoms with Crippen LogP contribution < -0.4 is 0 Å². The zero-order valence-corrected chi connectivity index (χ0v) is 13.5. The highest BCUT2D eigenvalue weighted by Gasteiger charge is 2.54. The lowest BCUT2D eigenvalue weighted by Gasteiger charge is -2.46. The van der Waals surface area contributed by atoms with Gasteiger partial charge in [-0.1, -0.05) is 20.8 Å². The summed E-state index contributed by atoms with van der Waals surface area (Å²) in [7, 11) is 0. The van der Waals surface area contributed by atoms with Crippen molar-refractivity contribution in [2.75, 3.05) is 6.61 Å². The molecule has 1 fully saturated rings. The second kappa shape index (κ2) is 5.61. The molecule has 19 heavy (non-hydrogen) atoms. The molecule has 1 N–H and O–H groups in total. The van der Waals surface area contributed by atoms with Crippen molar-refractivity contribution in [1.29, 1.82) is 0 Å². The van der Waals surface area contributed by atoms with Crippen LogP contribution in [0.15, 0.2) is 0 Å². The SMILES string of the molecule is CCOC(=O)[C@@](C)(O)C1(Cl)CCC(C(C)(C)C)CC1. The summed E-state index contributed by atoms with van der Waals surface area (Å²) in [6, 6.07) is 0. The van der Waals surface area contributed by atoms with E-state index >= 15 is 0 Å². The lowest BCUT2D eigenvalue weighted by molar-refractivity contribution is -0.168. The molecule has 0 heterocycles. The van der Waals surface area contributed by atoms with Crippen LogP contribution in [0.3, 0.4) is 0 Å². The summed E-state index contributed by atoms with van der Waals surface area (Å²) in [5.74, 6) is -0.0309. The Morgan fingerprint density at radius 1 is 1.32 bits per heavy atom. The molecule has 0 aromatic heterocycles. The molecule has 0 aromatic rings. The fraction of sp³-hybridized carbons (Fsp3) is 0.933. The van der Waals surface area contributed by atoms with Gasteiger partial charge in [0.1, 0.15) is 0 Å². The zero-order valence-electron chi connectivity index (χ0n) is 12.8. The molecule has 0 unspecified atom stereocenters. The molecule has 0 aromatic carbocycles. The van der Waals surface area contributed by atoms with Gasteiger partial charge >= 0.3 is 5.97 Å². The van der Waals surface area contributed by atoms with E-state index in [0.29, 0.717) is 18.8 Å². The van der Waals surface area contributed by atoms with Gasteiger partial charge in [0.15, 0.2) is 5.60 Å². The van der Waals surface area contributed by atoms with Crippen molar-refractivity contribution in [2.45, 2.75) is 70.8 Å². The Morgan fingerprint density at radius 3 is 2.16 bits per heavy atom. The Kier molecular flexibility index (Phi) is 4.95. The van der Waals surface area contributed by atoms with Crippen LogP contribution in [-0.4, -0.2) is 28.2 Å². The van der Waals surface area contributed by atoms with Crippen LogP contribution in [0.4, 0.5) is 0 Å². The second-order valence-electron chi connectivity index (χ2n) is 6.90. The lowest BCUT2D eigenvalue weighted by Crippen LogP contribution is -2.56. The number of halogens is 1. The van der Waals surface area contributed by atoms with Crippen LogP contribution in [0.2, 0.25) is 0 Å². The first-order valence-electron chi connectivity index (χ1n) is 7.13. The smallest absolute Gasteiger partial charge is 0.339 e. The number of hydrogen-bond donors (Lipinski definition) is 1. The molecule has 0 amide bonds. The van der Waals surface area contributed by atoms with Crippen LogP contribution >= 0.6 is 11.6 Å². The van der Waals surface area contributed by atoms with E-state index in [-0.39, 0.29) is 12.0 Å². The fourth-order valence-electron chi connectivity index (χ4n) is 2.88. The molecule has 1 atom stereocenters. The minimum Gasteiger partial charge on any atom is -0.464 e. The van der Waals surface area contributed by atoms with E-state index in [4.69, 9.17) is 16.3 Å². The van der Waals surface area contributed by atoms with Crippen molar-refractivity contribution >= 4 is 17.6 Å². The van der Waals surface area contributed by atoms with Crippen molar-refractivity contribution in [3.63, 3.8) is 0 Å². The highest BCUT2D eigenvalue weighted by molar-refractivity contribution is 6.26. The summed E-state index contributed by atoms with van der Waals surface area (Å²) < 4.78 is 4.95. The van der Waals surface area contributed by atoms with Gasteiger partial charge in [0.25, 0.3) is 0 Å². The summed E-state index contributed by atoms with van der Waals surface area (Å²) in [5, 5.41) is 10.5. The van der Waals surface area contributed by atoms with Crippen molar-refractivity contribution < 1.29 is 14.6 Å². The predicted molar refractivity (Wildman–Crippen MR) is 77.3 cm³/mol. The Bertz CT molecular complexity index is 323. The largest absolute Gasteiger partial charge is 0.464 e. The lowest BCUT2D eigenvalue weighted by atomic mass is 9.66. The Morgan fingerprint density at radius 2 is 1.79 bits per heavy atom. The van der Waals surface area contributed by atoms with Gasteiger partial charge in [0.05, 0.1) is 11.5 Å². The summed E-state index contributed by atoms with van der Waals surface area (Å²) >= 11 is 6.56. The molecule has 0 radical (unpaired) electrons. The van der Waals surface area contributed by atoms with Gasteiger partial charge in [-0.3, -0.25) is 0 Å². The summed E-state index contributed by atoms with van der Waals surface area (Å²) in [6.07, 6.45) is 3.15. The van der Waals surface area contributed by atoms with Crippen LogP contribution in [0.25, 0.3) is 0 Å². The maximum absolute atomic E-state index is 11.9. The molecule has 0 bridgehead atoms. The first kappa shape index (κ1) is 16.8. The third kappa shape index (κ3) is 3.43. The van der Waals surface area contributed by atoms with E-state index in [2.05, 4.69) is 20.8 Å². The average Bonchev–Trinajstić information content (AvgIpc) is 2.28. The molecule has 1 aliphatic carbocycles. The van der Waals surface area contributed by atoms with Gasteiger partial charge in [0, 0.05) is 0 Å². The molecule has 0 saturated heterocycles. The summed E-state index contributed by atoms with van der Waals surface area (Å²) in [5.41, 5.74) is -1.37. The second-order valence-corrected chi connectivity index (χ2v) is 7.62. The molecule has 4 heteroatoms. The van der Waals surface area contributed by atoms with Crippen molar-refractivity contribution in [1.82, 2.24) is 0 Å². The minimum atomic E-state index is -1.62. The first-order valence-corrected chi connectivity index (χ1v) is 7.51. The maximum atomic E-state index is 11.9. The highest BCUT2D eigenvalue weighted by atomic mass is 35.5. The predicted octanol–water partition coefficient (Wildman–Crippen LogP) is 3.51. The van der Waals surface area contributed by atoms with E-state index in [0.717, 1.165) is 12.8 Å². The van der Waals surface area contributed by atoms with Gasteiger partial charge in [0.2, 0.25) is 0 Å².